The number of aryl methyl sites for hydroxylation is 5. The molecule has 0 aliphatic heterocycles. The molecule has 0 aromatic carbocycles. The van der Waals surface area contributed by atoms with Gasteiger partial charge in [-0.15, -0.1) is 0 Å². The van der Waals surface area contributed by atoms with Crippen molar-refractivity contribution in [3.63, 3.8) is 0 Å². The molecule has 0 aliphatic carbocycles. The van der Waals surface area contributed by atoms with Gasteiger partial charge in [-0.3, -0.25) is 19.4 Å². The number of rotatable bonds is 3. The normalized spacial score (nSPS) is 10.7. The minimum atomic E-state index is -0.0607. The van der Waals surface area contributed by atoms with Gasteiger partial charge in [0.1, 0.15) is 5.69 Å². The second-order valence-electron chi connectivity index (χ2n) is 9.72. The van der Waals surface area contributed by atoms with Crippen molar-refractivity contribution >= 4 is 0 Å². The molecule has 192 valence electrons. The maximum absolute atomic E-state index is 11.3. The molecule has 3 aromatic rings. The van der Waals surface area contributed by atoms with Crippen LogP contribution in [0.5, 0.6) is 0 Å². The van der Waals surface area contributed by atoms with E-state index in [1.165, 1.54) is 10.2 Å². The quantitative estimate of drug-likeness (QED) is 0.563. The van der Waals surface area contributed by atoms with Crippen molar-refractivity contribution in [2.24, 2.45) is 21.1 Å². The fourth-order valence-corrected chi connectivity index (χ4v) is 3.11. The van der Waals surface area contributed by atoms with Crippen LogP contribution < -0.4 is 16.7 Å². The van der Waals surface area contributed by atoms with Crippen LogP contribution in [0.1, 0.15) is 87.5 Å². The van der Waals surface area contributed by atoms with Gasteiger partial charge in [0.15, 0.2) is 0 Å². The maximum Gasteiger partial charge on any atom is 0.271 e. The van der Waals surface area contributed by atoms with Crippen molar-refractivity contribution in [3.8, 4) is 0 Å². The maximum atomic E-state index is 11.3. The largest absolute Gasteiger partial charge is 0.318 e. The topological polar surface area (TPSA) is 91.8 Å². The van der Waals surface area contributed by atoms with Gasteiger partial charge in [-0.25, -0.2) is 4.68 Å². The lowest BCUT2D eigenvalue weighted by Crippen LogP contribution is -2.21. The van der Waals surface area contributed by atoms with Gasteiger partial charge in [0, 0.05) is 45.2 Å². The molecule has 3 rings (SSSR count). The Morgan fingerprint density at radius 2 is 1.26 bits per heavy atom. The summed E-state index contributed by atoms with van der Waals surface area (Å²) in [6.45, 7) is 16.1. The molecule has 0 unspecified atom stereocenters. The third-order valence-electron chi connectivity index (χ3n) is 5.47. The molecule has 8 nitrogen and oxygen atoms in total. The molecule has 0 saturated carbocycles. The summed E-state index contributed by atoms with van der Waals surface area (Å²) < 4.78 is 4.58. The van der Waals surface area contributed by atoms with Gasteiger partial charge in [0.05, 0.1) is 11.4 Å². The molecule has 8 heteroatoms. The molecule has 0 amide bonds. The number of pyridine rings is 1. The van der Waals surface area contributed by atoms with Gasteiger partial charge >= 0.3 is 0 Å². The van der Waals surface area contributed by atoms with Gasteiger partial charge in [-0.05, 0) is 49.3 Å². The van der Waals surface area contributed by atoms with E-state index in [1.54, 1.807) is 55.5 Å². The molecule has 0 aliphatic rings. The second-order valence-corrected chi connectivity index (χ2v) is 9.72. The van der Waals surface area contributed by atoms with Gasteiger partial charge in [0.2, 0.25) is 0 Å². The highest BCUT2D eigenvalue weighted by atomic mass is 16.1. The predicted octanol–water partition coefficient (Wildman–Crippen LogP) is 3.93. The lowest BCUT2D eigenvalue weighted by atomic mass is 10.0. The Kier molecular flexibility index (Phi) is 11.0. The molecular weight excluding hydrogens is 442 g/mol. The van der Waals surface area contributed by atoms with Crippen LogP contribution in [0.4, 0.5) is 0 Å². The van der Waals surface area contributed by atoms with Crippen LogP contribution >= 0.6 is 0 Å². The zero-order valence-electron chi connectivity index (χ0n) is 23.1. The highest BCUT2D eigenvalue weighted by Crippen LogP contribution is 2.12. The van der Waals surface area contributed by atoms with Crippen molar-refractivity contribution in [2.45, 2.75) is 73.1 Å². The number of aromatic nitrogens is 5. The molecule has 35 heavy (non-hydrogen) atoms. The zero-order chi connectivity index (χ0) is 27.0. The first kappa shape index (κ1) is 29.7. The third-order valence-corrected chi connectivity index (χ3v) is 5.47. The van der Waals surface area contributed by atoms with Gasteiger partial charge in [-0.1, -0.05) is 41.5 Å². The van der Waals surface area contributed by atoms with Crippen LogP contribution in [0, 0.1) is 13.8 Å². The number of hydrogen-bond acceptors (Lipinski definition) is 5. The van der Waals surface area contributed by atoms with E-state index in [0.29, 0.717) is 23.4 Å². The van der Waals surface area contributed by atoms with E-state index in [2.05, 4.69) is 37.8 Å². The predicted molar refractivity (Wildman–Crippen MR) is 142 cm³/mol. The van der Waals surface area contributed by atoms with Crippen molar-refractivity contribution < 1.29 is 0 Å². The summed E-state index contributed by atoms with van der Waals surface area (Å²) in [4.78, 5) is 37.6. The standard InChI is InChI=1S/C10H15NO.C9H14N2O.C8H12N2O/c1-7(2)9-5-8(3)10(12)11(4)6-9;1-6(2)8-5-11(4)9(12)7(3)10-8;1-6(2)7-4-5-8(11)10(3)9-7/h5-7H,1-4H3;5-6H,1-4H3;4-6H,1-3H3. The van der Waals surface area contributed by atoms with E-state index < -0.39 is 0 Å². The highest BCUT2D eigenvalue weighted by molar-refractivity contribution is 5.20. The van der Waals surface area contributed by atoms with E-state index in [0.717, 1.165) is 17.0 Å². The molecular formula is C27H41N5O3. The minimum Gasteiger partial charge on any atom is -0.318 e. The van der Waals surface area contributed by atoms with Crippen LogP contribution in [0.2, 0.25) is 0 Å². The fraction of sp³-hybridized carbons (Fsp3) is 0.519. The van der Waals surface area contributed by atoms with Crippen molar-refractivity contribution in [3.05, 3.63) is 89.9 Å². The van der Waals surface area contributed by atoms with Crippen LogP contribution in [0.3, 0.4) is 0 Å². The minimum absolute atomic E-state index is 0.0144. The summed E-state index contributed by atoms with van der Waals surface area (Å²) in [5.74, 6) is 1.23. The fourth-order valence-electron chi connectivity index (χ4n) is 3.11. The summed E-state index contributed by atoms with van der Waals surface area (Å²) in [6.07, 6.45) is 3.69. The molecule has 3 heterocycles. The van der Waals surface area contributed by atoms with Crippen molar-refractivity contribution in [2.75, 3.05) is 0 Å². The lowest BCUT2D eigenvalue weighted by Gasteiger charge is -2.08. The number of hydrogen-bond donors (Lipinski definition) is 0. The molecule has 0 radical (unpaired) electrons. The highest BCUT2D eigenvalue weighted by Gasteiger charge is 2.05. The molecule has 0 atom stereocenters. The summed E-state index contributed by atoms with van der Waals surface area (Å²) in [5.41, 5.74) is 4.55. The monoisotopic (exact) mass is 483 g/mol. The van der Waals surface area contributed by atoms with Crippen LogP contribution in [0.15, 0.2) is 45.0 Å². The third kappa shape index (κ3) is 8.77. The summed E-state index contributed by atoms with van der Waals surface area (Å²) >= 11 is 0. The Hall–Kier alpha value is -3.29. The SMILES string of the molecule is CC(C)c1ccc(=O)n(C)n1.Cc1cc(C(C)C)cn(C)c1=O.Cc1nc(C(C)C)cn(C)c1=O. The Labute approximate surface area is 208 Å². The molecule has 0 N–H and O–H groups in total. The summed E-state index contributed by atoms with van der Waals surface area (Å²) in [7, 11) is 5.21. The van der Waals surface area contributed by atoms with Crippen molar-refractivity contribution in [1.29, 1.82) is 0 Å². The van der Waals surface area contributed by atoms with Gasteiger partial charge in [0.25, 0.3) is 16.7 Å². The van der Waals surface area contributed by atoms with Crippen LogP contribution in [-0.4, -0.2) is 23.9 Å². The van der Waals surface area contributed by atoms with E-state index >= 15 is 0 Å². The zero-order valence-corrected chi connectivity index (χ0v) is 23.1. The Morgan fingerprint density at radius 1 is 0.714 bits per heavy atom. The molecule has 0 spiro atoms. The number of nitrogens with zero attached hydrogens (tertiary/aromatic N) is 5. The smallest absolute Gasteiger partial charge is 0.271 e. The second kappa shape index (κ2) is 13.0. The van der Waals surface area contributed by atoms with E-state index in [4.69, 9.17) is 0 Å². The summed E-state index contributed by atoms with van der Waals surface area (Å²) in [6, 6.07) is 5.28. The lowest BCUT2D eigenvalue weighted by molar-refractivity contribution is 0.653. The molecule has 0 fully saturated rings. The van der Waals surface area contributed by atoms with Crippen molar-refractivity contribution in [1.82, 2.24) is 23.9 Å². The van der Waals surface area contributed by atoms with Crippen LogP contribution in [0.25, 0.3) is 0 Å². The summed E-state index contributed by atoms with van der Waals surface area (Å²) in [5, 5.41) is 4.08. The van der Waals surface area contributed by atoms with Gasteiger partial charge < -0.3 is 9.13 Å². The first-order valence-electron chi connectivity index (χ1n) is 11.9. The Bertz CT molecular complexity index is 1180. The van der Waals surface area contributed by atoms with E-state index in [-0.39, 0.29) is 16.7 Å². The van der Waals surface area contributed by atoms with E-state index in [1.807, 2.05) is 33.0 Å². The average molecular weight is 484 g/mol. The van der Waals surface area contributed by atoms with E-state index in [9.17, 15) is 14.4 Å². The van der Waals surface area contributed by atoms with Crippen LogP contribution in [-0.2, 0) is 21.1 Å². The first-order chi connectivity index (χ1) is 16.1. The molecule has 3 aromatic heterocycles. The van der Waals surface area contributed by atoms with Gasteiger partial charge in [-0.2, -0.15) is 5.10 Å². The molecule has 0 saturated heterocycles. The Morgan fingerprint density at radius 3 is 1.69 bits per heavy atom. The molecule has 0 bridgehead atoms. The first-order valence-corrected chi connectivity index (χ1v) is 11.9. The Balaban J connectivity index is 0.000000263. The average Bonchev–Trinajstić information content (AvgIpc) is 2.77.